The molecule has 0 amide bonds. The number of alkyl halides is 3. The van der Waals surface area contributed by atoms with Crippen LogP contribution in [-0.4, -0.2) is 5.51 Å². The van der Waals surface area contributed by atoms with Gasteiger partial charge in [0.15, 0.2) is 0 Å². The number of rotatable bonds is 2. The molecule has 0 unspecified atom stereocenters. The summed E-state index contributed by atoms with van der Waals surface area (Å²) >= 11 is 1.34. The Labute approximate surface area is 98.8 Å². The summed E-state index contributed by atoms with van der Waals surface area (Å²) in [6, 6.07) is 9.60. The number of thioether (sulfide) groups is 1. The lowest BCUT2D eigenvalue weighted by Gasteiger charge is -1.98. The number of fused-ring (bicyclic) bond motifs is 1. The first-order valence-electron chi connectivity index (χ1n) is 4.44. The van der Waals surface area contributed by atoms with E-state index in [-0.39, 0.29) is 11.8 Å². The minimum absolute atomic E-state index is 0.136. The molecule has 0 nitrogen and oxygen atoms in total. The van der Waals surface area contributed by atoms with Gasteiger partial charge in [-0.1, -0.05) is 18.2 Å². The molecule has 2 aromatic rings. The van der Waals surface area contributed by atoms with Gasteiger partial charge in [-0.3, -0.25) is 0 Å². The van der Waals surface area contributed by atoms with Gasteiger partial charge in [-0.25, -0.2) is 0 Å². The highest BCUT2D eigenvalue weighted by molar-refractivity contribution is 8.03. The molecule has 1 heterocycles. The summed E-state index contributed by atoms with van der Waals surface area (Å²) in [7, 11) is 0. The van der Waals surface area contributed by atoms with Gasteiger partial charge in [0.25, 0.3) is 0 Å². The van der Waals surface area contributed by atoms with Crippen molar-refractivity contribution in [2.24, 2.45) is 0 Å². The molecular weight excluding hydrogens is 253 g/mol. The predicted octanol–water partition coefficient (Wildman–Crippen LogP) is 5.13. The second-order valence-corrected chi connectivity index (χ2v) is 5.14. The van der Waals surface area contributed by atoms with E-state index in [0.29, 0.717) is 0 Å². The summed E-state index contributed by atoms with van der Waals surface area (Å²) in [6.07, 6.45) is 1.49. The lowest BCUT2D eigenvalue weighted by Crippen LogP contribution is -1.96. The van der Waals surface area contributed by atoms with Gasteiger partial charge < -0.3 is 0 Å². The molecule has 0 N–H and O–H groups in total. The Bertz CT molecular complexity index is 478. The van der Waals surface area contributed by atoms with Crippen molar-refractivity contribution in [1.82, 2.24) is 0 Å². The van der Waals surface area contributed by atoms with Crippen LogP contribution in [0.2, 0.25) is 0 Å². The van der Waals surface area contributed by atoms with Crippen LogP contribution in [0.4, 0.5) is 13.2 Å². The molecule has 16 heavy (non-hydrogen) atoms. The van der Waals surface area contributed by atoms with Gasteiger partial charge in [0.2, 0.25) is 0 Å². The van der Waals surface area contributed by atoms with E-state index in [2.05, 4.69) is 0 Å². The van der Waals surface area contributed by atoms with Gasteiger partial charge in [-0.2, -0.15) is 13.2 Å². The average molecular weight is 260 g/mol. The molecule has 0 aliphatic carbocycles. The molecule has 1 aromatic heterocycles. The lowest BCUT2D eigenvalue weighted by atomic mass is 10.2. The first-order chi connectivity index (χ1) is 7.54. The largest absolute Gasteiger partial charge is 0.445 e. The van der Waals surface area contributed by atoms with Crippen LogP contribution in [0.3, 0.4) is 0 Å². The van der Waals surface area contributed by atoms with Crippen LogP contribution in [0, 0.1) is 0 Å². The quantitative estimate of drug-likeness (QED) is 0.721. The van der Waals surface area contributed by atoms with Gasteiger partial charge in [0.05, 0.1) is 0 Å². The molecule has 0 atom stereocenters. The van der Waals surface area contributed by atoms with Crippen LogP contribution in [0.15, 0.2) is 35.7 Å². The lowest BCUT2D eigenvalue weighted by molar-refractivity contribution is -0.0319. The second-order valence-electron chi connectivity index (χ2n) is 3.05. The van der Waals surface area contributed by atoms with Crippen LogP contribution in [0.25, 0.3) is 16.2 Å². The Morgan fingerprint density at radius 3 is 2.62 bits per heavy atom. The highest BCUT2D eigenvalue weighted by Gasteiger charge is 2.26. The van der Waals surface area contributed by atoms with E-state index >= 15 is 0 Å². The smallest absolute Gasteiger partial charge is 0.160 e. The molecular formula is C11H7F3S2. The number of halogens is 3. The monoisotopic (exact) mass is 260 g/mol. The van der Waals surface area contributed by atoms with Crippen molar-refractivity contribution in [2.45, 2.75) is 5.51 Å². The van der Waals surface area contributed by atoms with Crippen molar-refractivity contribution in [3.8, 4) is 0 Å². The van der Waals surface area contributed by atoms with E-state index in [1.165, 1.54) is 17.4 Å². The Balaban J connectivity index is 2.16. The van der Waals surface area contributed by atoms with E-state index in [1.54, 1.807) is 0 Å². The summed E-state index contributed by atoms with van der Waals surface area (Å²) in [5.41, 5.74) is -4.20. The third-order valence-electron chi connectivity index (χ3n) is 1.88. The fourth-order valence-corrected chi connectivity index (χ4v) is 2.69. The molecule has 0 saturated carbocycles. The van der Waals surface area contributed by atoms with E-state index < -0.39 is 5.51 Å². The summed E-state index contributed by atoms with van der Waals surface area (Å²) in [5, 5.41) is 2.13. The zero-order valence-electron chi connectivity index (χ0n) is 7.99. The van der Waals surface area contributed by atoms with Gasteiger partial charge in [0, 0.05) is 9.58 Å². The van der Waals surface area contributed by atoms with Crippen molar-refractivity contribution < 1.29 is 13.2 Å². The van der Waals surface area contributed by atoms with Crippen molar-refractivity contribution in [3.05, 3.63) is 40.6 Å². The fourth-order valence-electron chi connectivity index (χ4n) is 1.26. The number of hydrogen-bond acceptors (Lipinski definition) is 2. The molecule has 0 spiro atoms. The maximum Gasteiger partial charge on any atom is 0.445 e. The Morgan fingerprint density at radius 1 is 1.19 bits per heavy atom. The Kier molecular flexibility index (Phi) is 3.25. The minimum atomic E-state index is -4.20. The van der Waals surface area contributed by atoms with E-state index in [4.69, 9.17) is 0 Å². The zero-order chi connectivity index (χ0) is 11.6. The highest BCUT2D eigenvalue weighted by Crippen LogP contribution is 2.33. The maximum atomic E-state index is 11.9. The van der Waals surface area contributed by atoms with E-state index in [0.717, 1.165) is 20.4 Å². The fraction of sp³-hybridized carbons (Fsp3) is 0.0909. The number of thiophene rings is 1. The van der Waals surface area contributed by atoms with Crippen LogP contribution in [-0.2, 0) is 0 Å². The first kappa shape index (κ1) is 11.5. The highest BCUT2D eigenvalue weighted by atomic mass is 32.2. The van der Waals surface area contributed by atoms with Crippen LogP contribution >= 0.6 is 23.1 Å². The van der Waals surface area contributed by atoms with Crippen molar-refractivity contribution in [3.63, 3.8) is 0 Å². The van der Waals surface area contributed by atoms with Gasteiger partial charge >= 0.3 is 5.51 Å². The van der Waals surface area contributed by atoms with E-state index in [1.807, 2.05) is 30.3 Å². The summed E-state index contributed by atoms with van der Waals surface area (Å²) in [4.78, 5) is 0.831. The SMILES string of the molecule is FC(F)(F)S/C=C/c1cc2ccccc2s1. The van der Waals surface area contributed by atoms with Crippen molar-refractivity contribution >= 4 is 39.3 Å². The second kappa shape index (κ2) is 4.51. The van der Waals surface area contributed by atoms with Gasteiger partial charge in [-0.15, -0.1) is 11.3 Å². The molecule has 0 radical (unpaired) electrons. The molecule has 0 fully saturated rings. The molecule has 0 bridgehead atoms. The van der Waals surface area contributed by atoms with Gasteiger partial charge in [0.1, 0.15) is 0 Å². The maximum absolute atomic E-state index is 11.9. The van der Waals surface area contributed by atoms with Gasteiger partial charge in [-0.05, 0) is 40.8 Å². The number of benzene rings is 1. The molecule has 1 aromatic carbocycles. The standard InChI is InChI=1S/C11H7F3S2/c12-11(13,14)15-6-5-9-7-8-3-1-2-4-10(8)16-9/h1-7H/b6-5+. The van der Waals surface area contributed by atoms with Crippen LogP contribution in [0.5, 0.6) is 0 Å². The summed E-state index contributed by atoms with van der Waals surface area (Å²) < 4.78 is 36.7. The number of hydrogen-bond donors (Lipinski definition) is 0. The zero-order valence-corrected chi connectivity index (χ0v) is 9.62. The van der Waals surface area contributed by atoms with E-state index in [9.17, 15) is 13.2 Å². The topological polar surface area (TPSA) is 0 Å². The minimum Gasteiger partial charge on any atom is -0.160 e. The third kappa shape index (κ3) is 3.02. The normalized spacial score (nSPS) is 12.7. The molecule has 84 valence electrons. The molecule has 0 saturated heterocycles. The summed E-state index contributed by atoms with van der Waals surface area (Å²) in [5.74, 6) is 0. The Morgan fingerprint density at radius 2 is 1.94 bits per heavy atom. The third-order valence-corrected chi connectivity index (χ3v) is 3.50. The molecule has 0 aliphatic rings. The average Bonchev–Trinajstić information content (AvgIpc) is 2.57. The van der Waals surface area contributed by atoms with Crippen LogP contribution in [0.1, 0.15) is 4.88 Å². The van der Waals surface area contributed by atoms with Crippen LogP contribution < -0.4 is 0 Å². The molecule has 2 rings (SSSR count). The summed E-state index contributed by atoms with van der Waals surface area (Å²) in [6.45, 7) is 0. The predicted molar refractivity (Wildman–Crippen MR) is 64.5 cm³/mol. The Hall–Kier alpha value is -0.940. The van der Waals surface area contributed by atoms with Crippen molar-refractivity contribution in [1.29, 1.82) is 0 Å². The molecule has 5 heteroatoms. The van der Waals surface area contributed by atoms with Crippen molar-refractivity contribution in [2.75, 3.05) is 0 Å². The first-order valence-corrected chi connectivity index (χ1v) is 6.14. The molecule has 0 aliphatic heterocycles.